The molecule has 0 saturated heterocycles. The van der Waals surface area contributed by atoms with Gasteiger partial charge in [0.05, 0.1) is 5.69 Å². The summed E-state index contributed by atoms with van der Waals surface area (Å²) in [5, 5.41) is 4.39. The Balaban J connectivity index is 2.64. The van der Waals surface area contributed by atoms with Gasteiger partial charge in [0.1, 0.15) is 17.3 Å². The first kappa shape index (κ1) is 14.6. The third kappa shape index (κ3) is 2.44. The minimum atomic E-state index is -0.0301. The number of anilines is 1. The van der Waals surface area contributed by atoms with E-state index in [2.05, 4.69) is 37.4 Å². The van der Waals surface area contributed by atoms with Crippen LogP contribution in [-0.2, 0) is 19.0 Å². The summed E-state index contributed by atoms with van der Waals surface area (Å²) < 4.78 is 3.95. The Morgan fingerprint density at radius 1 is 1.30 bits per heavy atom. The van der Waals surface area contributed by atoms with Crippen molar-refractivity contribution >= 4 is 5.82 Å². The van der Waals surface area contributed by atoms with Crippen LogP contribution in [0.4, 0.5) is 5.82 Å². The average Bonchev–Trinajstić information content (AvgIpc) is 2.80. The minimum Gasteiger partial charge on any atom is -0.383 e. The van der Waals surface area contributed by atoms with Crippen LogP contribution >= 0.6 is 0 Å². The number of nitrogens with two attached hydrogens (primary N) is 1. The summed E-state index contributed by atoms with van der Waals surface area (Å²) in [7, 11) is 1.92. The first-order valence-corrected chi connectivity index (χ1v) is 7.12. The van der Waals surface area contributed by atoms with E-state index in [1.165, 1.54) is 0 Å². The lowest BCUT2D eigenvalue weighted by molar-refractivity contribution is 0.498. The molecular weight excluding hydrogens is 250 g/mol. The number of nitrogens with zero attached hydrogens (tertiary/aromatic N) is 4. The van der Waals surface area contributed by atoms with Crippen LogP contribution in [0.15, 0.2) is 6.20 Å². The number of aryl methyl sites for hydroxylation is 2. The Bertz CT molecular complexity index is 613. The SMILES string of the molecule is CCCn1c(C(C)(C)C)nc(-c2cn(C)nc2C)c1N. The highest BCUT2D eigenvalue weighted by molar-refractivity contribution is 5.72. The van der Waals surface area contributed by atoms with Crippen molar-refractivity contribution in [2.45, 2.75) is 53.0 Å². The van der Waals surface area contributed by atoms with E-state index in [0.717, 1.165) is 41.6 Å². The summed E-state index contributed by atoms with van der Waals surface area (Å²) in [5.74, 6) is 1.78. The highest BCUT2D eigenvalue weighted by Gasteiger charge is 2.26. The zero-order chi connectivity index (χ0) is 15.1. The van der Waals surface area contributed by atoms with Gasteiger partial charge in [0.25, 0.3) is 0 Å². The lowest BCUT2D eigenvalue weighted by Crippen LogP contribution is -2.19. The second-order valence-electron chi connectivity index (χ2n) is 6.37. The van der Waals surface area contributed by atoms with E-state index in [1.807, 2.05) is 20.2 Å². The number of nitrogen functional groups attached to an aromatic ring is 1. The molecule has 0 bridgehead atoms. The fourth-order valence-electron chi connectivity index (χ4n) is 2.52. The van der Waals surface area contributed by atoms with Gasteiger partial charge >= 0.3 is 0 Å². The maximum absolute atomic E-state index is 6.36. The second-order valence-corrected chi connectivity index (χ2v) is 6.37. The van der Waals surface area contributed by atoms with Gasteiger partial charge in [-0.2, -0.15) is 5.10 Å². The first-order chi connectivity index (χ1) is 9.25. The van der Waals surface area contributed by atoms with Crippen molar-refractivity contribution in [3.63, 3.8) is 0 Å². The van der Waals surface area contributed by atoms with Gasteiger partial charge in [-0.15, -0.1) is 0 Å². The molecule has 0 aromatic carbocycles. The Morgan fingerprint density at radius 3 is 2.40 bits per heavy atom. The molecule has 0 unspecified atom stereocenters. The number of imidazole rings is 1. The van der Waals surface area contributed by atoms with Crippen LogP contribution in [0.25, 0.3) is 11.3 Å². The average molecular weight is 275 g/mol. The Labute approximate surface area is 120 Å². The third-order valence-electron chi connectivity index (χ3n) is 3.39. The molecule has 0 aliphatic rings. The molecule has 0 atom stereocenters. The quantitative estimate of drug-likeness (QED) is 0.937. The molecular formula is C15H25N5. The van der Waals surface area contributed by atoms with Crippen molar-refractivity contribution in [3.05, 3.63) is 17.7 Å². The summed E-state index contributed by atoms with van der Waals surface area (Å²) in [6.07, 6.45) is 3.02. The molecule has 0 amide bonds. The zero-order valence-corrected chi connectivity index (χ0v) is 13.4. The molecule has 0 aliphatic heterocycles. The van der Waals surface area contributed by atoms with Crippen LogP contribution in [-0.4, -0.2) is 19.3 Å². The van der Waals surface area contributed by atoms with Crippen LogP contribution in [0.3, 0.4) is 0 Å². The Kier molecular flexibility index (Phi) is 3.63. The summed E-state index contributed by atoms with van der Waals surface area (Å²) in [6.45, 7) is 11.5. The van der Waals surface area contributed by atoms with Crippen molar-refractivity contribution in [1.82, 2.24) is 19.3 Å². The van der Waals surface area contributed by atoms with Crippen LogP contribution in [0.5, 0.6) is 0 Å². The van der Waals surface area contributed by atoms with E-state index in [9.17, 15) is 0 Å². The van der Waals surface area contributed by atoms with Gasteiger partial charge in [0.15, 0.2) is 0 Å². The maximum atomic E-state index is 6.36. The molecule has 2 rings (SSSR count). The van der Waals surface area contributed by atoms with Crippen LogP contribution in [0.2, 0.25) is 0 Å². The molecule has 110 valence electrons. The summed E-state index contributed by atoms with van der Waals surface area (Å²) in [6, 6.07) is 0. The first-order valence-electron chi connectivity index (χ1n) is 7.12. The monoisotopic (exact) mass is 275 g/mol. The van der Waals surface area contributed by atoms with E-state index in [-0.39, 0.29) is 5.41 Å². The topological polar surface area (TPSA) is 61.7 Å². The van der Waals surface area contributed by atoms with Crippen LogP contribution in [0, 0.1) is 6.92 Å². The lowest BCUT2D eigenvalue weighted by Gasteiger charge is -2.19. The van der Waals surface area contributed by atoms with E-state index in [1.54, 1.807) is 4.68 Å². The fourth-order valence-corrected chi connectivity index (χ4v) is 2.52. The minimum absolute atomic E-state index is 0.0301. The van der Waals surface area contributed by atoms with Gasteiger partial charge in [-0.05, 0) is 13.3 Å². The number of aromatic nitrogens is 4. The van der Waals surface area contributed by atoms with E-state index in [4.69, 9.17) is 10.7 Å². The lowest BCUT2D eigenvalue weighted by atomic mass is 9.95. The zero-order valence-electron chi connectivity index (χ0n) is 13.4. The predicted molar refractivity (Wildman–Crippen MR) is 82.6 cm³/mol. The van der Waals surface area contributed by atoms with Gasteiger partial charge in [-0.1, -0.05) is 27.7 Å². The molecule has 0 radical (unpaired) electrons. The van der Waals surface area contributed by atoms with Gasteiger partial charge in [0.2, 0.25) is 0 Å². The van der Waals surface area contributed by atoms with Crippen molar-refractivity contribution < 1.29 is 0 Å². The third-order valence-corrected chi connectivity index (χ3v) is 3.39. The molecule has 2 N–H and O–H groups in total. The summed E-state index contributed by atoms with van der Waals surface area (Å²) in [4.78, 5) is 4.83. The maximum Gasteiger partial charge on any atom is 0.131 e. The number of hydrogen-bond acceptors (Lipinski definition) is 3. The second kappa shape index (κ2) is 4.96. The standard InChI is InChI=1S/C15H25N5/c1-7-8-20-13(16)12(17-14(20)15(3,4)5)11-9-19(6)18-10(11)2/h9H,7-8,16H2,1-6H3. The van der Waals surface area contributed by atoms with E-state index < -0.39 is 0 Å². The molecule has 0 spiro atoms. The predicted octanol–water partition coefficient (Wildman–Crippen LogP) is 2.88. The molecule has 2 aromatic rings. The fraction of sp³-hybridized carbons (Fsp3) is 0.600. The van der Waals surface area contributed by atoms with Gasteiger partial charge in [-0.25, -0.2) is 4.98 Å². The Hall–Kier alpha value is -1.78. The molecule has 0 saturated carbocycles. The van der Waals surface area contributed by atoms with Crippen molar-refractivity contribution in [2.24, 2.45) is 7.05 Å². The van der Waals surface area contributed by atoms with Crippen LogP contribution < -0.4 is 5.73 Å². The molecule has 0 fully saturated rings. The Morgan fingerprint density at radius 2 is 1.95 bits per heavy atom. The number of rotatable bonds is 3. The van der Waals surface area contributed by atoms with E-state index in [0.29, 0.717) is 0 Å². The molecule has 2 aromatic heterocycles. The molecule has 2 heterocycles. The van der Waals surface area contributed by atoms with E-state index >= 15 is 0 Å². The van der Waals surface area contributed by atoms with Crippen molar-refractivity contribution in [3.8, 4) is 11.3 Å². The normalized spacial score (nSPS) is 12.1. The van der Waals surface area contributed by atoms with Crippen molar-refractivity contribution in [1.29, 1.82) is 0 Å². The molecule has 5 heteroatoms. The highest BCUT2D eigenvalue weighted by Crippen LogP contribution is 2.33. The molecule has 20 heavy (non-hydrogen) atoms. The number of hydrogen-bond donors (Lipinski definition) is 1. The molecule has 5 nitrogen and oxygen atoms in total. The smallest absolute Gasteiger partial charge is 0.131 e. The summed E-state index contributed by atoms with van der Waals surface area (Å²) in [5.41, 5.74) is 9.16. The molecule has 0 aliphatic carbocycles. The van der Waals surface area contributed by atoms with Crippen molar-refractivity contribution in [2.75, 3.05) is 5.73 Å². The van der Waals surface area contributed by atoms with Gasteiger partial charge in [-0.3, -0.25) is 4.68 Å². The van der Waals surface area contributed by atoms with Gasteiger partial charge in [0, 0.05) is 30.8 Å². The largest absolute Gasteiger partial charge is 0.383 e. The van der Waals surface area contributed by atoms with Gasteiger partial charge < -0.3 is 10.3 Å². The highest BCUT2D eigenvalue weighted by atomic mass is 15.3. The summed E-state index contributed by atoms with van der Waals surface area (Å²) >= 11 is 0. The van der Waals surface area contributed by atoms with Crippen LogP contribution in [0.1, 0.15) is 45.6 Å².